The SMILES string of the molecule is O=C(CNc1ccc(F)c(F)c1F)NCc1ccc2c(c1)OCO2. The highest BCUT2D eigenvalue weighted by molar-refractivity contribution is 5.80. The molecule has 0 atom stereocenters. The molecular weight excluding hydrogens is 325 g/mol. The second-order valence-corrected chi connectivity index (χ2v) is 5.04. The quantitative estimate of drug-likeness (QED) is 0.823. The number of ether oxygens (including phenoxy) is 2. The van der Waals surface area contributed by atoms with Crippen molar-refractivity contribution in [1.82, 2.24) is 5.32 Å². The summed E-state index contributed by atoms with van der Waals surface area (Å²) >= 11 is 0. The van der Waals surface area contributed by atoms with Gasteiger partial charge >= 0.3 is 0 Å². The van der Waals surface area contributed by atoms with Gasteiger partial charge in [0.05, 0.1) is 12.2 Å². The Morgan fingerprint density at radius 1 is 1.04 bits per heavy atom. The molecule has 0 saturated heterocycles. The van der Waals surface area contributed by atoms with E-state index in [1.54, 1.807) is 18.2 Å². The number of anilines is 1. The fraction of sp³-hybridized carbons (Fsp3) is 0.188. The number of benzene rings is 2. The van der Waals surface area contributed by atoms with E-state index in [-0.39, 0.29) is 25.6 Å². The van der Waals surface area contributed by atoms with E-state index in [1.165, 1.54) is 0 Å². The molecule has 126 valence electrons. The number of hydrogen-bond acceptors (Lipinski definition) is 4. The maximum Gasteiger partial charge on any atom is 0.239 e. The predicted octanol–water partition coefficient (Wildman–Crippen LogP) is 2.56. The molecule has 0 fully saturated rings. The van der Waals surface area contributed by atoms with Gasteiger partial charge in [-0.25, -0.2) is 13.2 Å². The summed E-state index contributed by atoms with van der Waals surface area (Å²) in [6.45, 7) is 0.110. The summed E-state index contributed by atoms with van der Waals surface area (Å²) in [4.78, 5) is 11.8. The predicted molar refractivity (Wildman–Crippen MR) is 79.2 cm³/mol. The second-order valence-electron chi connectivity index (χ2n) is 5.04. The summed E-state index contributed by atoms with van der Waals surface area (Å²) in [6.07, 6.45) is 0. The minimum absolute atomic E-state index is 0.162. The highest BCUT2D eigenvalue weighted by Crippen LogP contribution is 2.32. The zero-order valence-corrected chi connectivity index (χ0v) is 12.4. The van der Waals surface area contributed by atoms with Crippen LogP contribution < -0.4 is 20.1 Å². The Balaban J connectivity index is 1.52. The molecule has 3 rings (SSSR count). The molecule has 2 aromatic carbocycles. The average Bonchev–Trinajstić information content (AvgIpc) is 3.05. The standard InChI is InChI=1S/C16H13F3N2O3/c17-10-2-3-11(16(19)15(10)18)20-7-14(22)21-6-9-1-4-12-13(5-9)24-8-23-12/h1-5,20H,6-8H2,(H,21,22). The topological polar surface area (TPSA) is 59.6 Å². The van der Waals surface area contributed by atoms with E-state index in [2.05, 4.69) is 10.6 Å². The van der Waals surface area contributed by atoms with Crippen LogP contribution in [0.15, 0.2) is 30.3 Å². The van der Waals surface area contributed by atoms with Crippen LogP contribution in [0.3, 0.4) is 0 Å². The third kappa shape index (κ3) is 3.37. The molecule has 0 unspecified atom stereocenters. The first-order valence-corrected chi connectivity index (χ1v) is 7.07. The van der Waals surface area contributed by atoms with Crippen molar-refractivity contribution in [2.45, 2.75) is 6.54 Å². The highest BCUT2D eigenvalue weighted by atomic mass is 19.2. The number of nitrogens with one attached hydrogen (secondary N) is 2. The fourth-order valence-corrected chi connectivity index (χ4v) is 2.15. The number of fused-ring (bicyclic) bond motifs is 1. The summed E-state index contributed by atoms with van der Waals surface area (Å²) in [5.41, 5.74) is 0.513. The molecule has 2 N–H and O–H groups in total. The van der Waals surface area contributed by atoms with Crippen LogP contribution in [0, 0.1) is 17.5 Å². The molecule has 2 aromatic rings. The fourth-order valence-electron chi connectivity index (χ4n) is 2.15. The van der Waals surface area contributed by atoms with Gasteiger partial charge in [-0.1, -0.05) is 6.07 Å². The van der Waals surface area contributed by atoms with E-state index in [1.807, 2.05) is 0 Å². The van der Waals surface area contributed by atoms with Gasteiger partial charge in [-0.05, 0) is 29.8 Å². The molecule has 0 radical (unpaired) electrons. The number of hydrogen-bond donors (Lipinski definition) is 2. The Kier molecular flexibility index (Phi) is 4.45. The number of carbonyl (C=O) groups is 1. The van der Waals surface area contributed by atoms with E-state index in [4.69, 9.17) is 9.47 Å². The molecule has 1 heterocycles. The first-order chi connectivity index (χ1) is 11.5. The summed E-state index contributed by atoms with van der Waals surface area (Å²) < 4.78 is 49.8. The van der Waals surface area contributed by atoms with Crippen LogP contribution in [0.25, 0.3) is 0 Å². The molecule has 24 heavy (non-hydrogen) atoms. The lowest BCUT2D eigenvalue weighted by atomic mass is 10.2. The maximum atomic E-state index is 13.5. The minimum atomic E-state index is -1.58. The molecule has 8 heteroatoms. The highest BCUT2D eigenvalue weighted by Gasteiger charge is 2.15. The van der Waals surface area contributed by atoms with E-state index < -0.39 is 23.4 Å². The number of carbonyl (C=O) groups excluding carboxylic acids is 1. The van der Waals surface area contributed by atoms with Crippen molar-refractivity contribution in [3.8, 4) is 11.5 Å². The smallest absolute Gasteiger partial charge is 0.239 e. The summed E-state index contributed by atoms with van der Waals surface area (Å²) in [5, 5.41) is 5.04. The average molecular weight is 338 g/mol. The molecule has 0 aromatic heterocycles. The van der Waals surface area contributed by atoms with Crippen LogP contribution in [-0.4, -0.2) is 19.2 Å². The maximum absolute atomic E-state index is 13.5. The lowest BCUT2D eigenvalue weighted by Crippen LogP contribution is -2.29. The minimum Gasteiger partial charge on any atom is -0.454 e. The van der Waals surface area contributed by atoms with Gasteiger partial charge < -0.3 is 20.1 Å². The molecular formula is C16H13F3N2O3. The Morgan fingerprint density at radius 3 is 2.67 bits per heavy atom. The first-order valence-electron chi connectivity index (χ1n) is 7.07. The third-order valence-corrected chi connectivity index (χ3v) is 3.40. The molecule has 0 spiro atoms. The Bertz CT molecular complexity index is 783. The van der Waals surface area contributed by atoms with Crippen LogP contribution in [0.5, 0.6) is 11.5 Å². The molecule has 0 aliphatic carbocycles. The number of halogens is 3. The second kappa shape index (κ2) is 6.69. The molecule has 5 nitrogen and oxygen atoms in total. The van der Waals surface area contributed by atoms with Gasteiger partial charge in [0.1, 0.15) is 0 Å². The van der Waals surface area contributed by atoms with Crippen molar-refractivity contribution in [1.29, 1.82) is 0 Å². The zero-order valence-electron chi connectivity index (χ0n) is 12.4. The number of amides is 1. The van der Waals surface area contributed by atoms with E-state index in [0.717, 1.165) is 17.7 Å². The number of rotatable bonds is 5. The summed E-state index contributed by atoms with van der Waals surface area (Å²) in [5.74, 6) is -3.43. The van der Waals surface area contributed by atoms with E-state index in [9.17, 15) is 18.0 Å². The zero-order chi connectivity index (χ0) is 17.1. The lowest BCUT2D eigenvalue weighted by molar-refractivity contribution is -0.119. The van der Waals surface area contributed by atoms with Gasteiger partial charge in [-0.2, -0.15) is 0 Å². The lowest BCUT2D eigenvalue weighted by Gasteiger charge is -2.09. The van der Waals surface area contributed by atoms with Crippen molar-refractivity contribution in [2.24, 2.45) is 0 Å². The van der Waals surface area contributed by atoms with Gasteiger partial charge in [0.2, 0.25) is 12.7 Å². The largest absolute Gasteiger partial charge is 0.454 e. The van der Waals surface area contributed by atoms with Crippen molar-refractivity contribution in [2.75, 3.05) is 18.7 Å². The van der Waals surface area contributed by atoms with E-state index in [0.29, 0.717) is 11.5 Å². The van der Waals surface area contributed by atoms with Gasteiger partial charge in [-0.3, -0.25) is 4.79 Å². The van der Waals surface area contributed by atoms with Crippen molar-refractivity contribution >= 4 is 11.6 Å². The third-order valence-electron chi connectivity index (χ3n) is 3.40. The Labute approximate surface area is 135 Å². The summed E-state index contributed by atoms with van der Waals surface area (Å²) in [6, 6.07) is 7.06. The van der Waals surface area contributed by atoms with Gasteiger partial charge in [-0.15, -0.1) is 0 Å². The molecule has 1 aliphatic rings. The van der Waals surface area contributed by atoms with Crippen LogP contribution in [-0.2, 0) is 11.3 Å². The van der Waals surface area contributed by atoms with Crippen LogP contribution in [0.2, 0.25) is 0 Å². The Hall–Kier alpha value is -2.90. The van der Waals surface area contributed by atoms with Crippen molar-refractivity contribution in [3.05, 3.63) is 53.3 Å². The molecule has 1 amide bonds. The van der Waals surface area contributed by atoms with E-state index >= 15 is 0 Å². The molecule has 1 aliphatic heterocycles. The Morgan fingerprint density at radius 2 is 1.83 bits per heavy atom. The normalized spacial score (nSPS) is 12.1. The van der Waals surface area contributed by atoms with Gasteiger partial charge in [0, 0.05) is 6.54 Å². The van der Waals surface area contributed by atoms with Crippen molar-refractivity contribution < 1.29 is 27.4 Å². The van der Waals surface area contributed by atoms with Crippen LogP contribution in [0.1, 0.15) is 5.56 Å². The summed E-state index contributed by atoms with van der Waals surface area (Å²) in [7, 11) is 0. The molecule has 0 bridgehead atoms. The van der Waals surface area contributed by atoms with Crippen molar-refractivity contribution in [3.63, 3.8) is 0 Å². The van der Waals surface area contributed by atoms with Gasteiger partial charge in [0.25, 0.3) is 0 Å². The first kappa shape index (κ1) is 16.0. The molecule has 0 saturated carbocycles. The monoisotopic (exact) mass is 338 g/mol. The van der Waals surface area contributed by atoms with Crippen LogP contribution >= 0.6 is 0 Å². The van der Waals surface area contributed by atoms with Crippen LogP contribution in [0.4, 0.5) is 18.9 Å². The van der Waals surface area contributed by atoms with Gasteiger partial charge in [0.15, 0.2) is 29.0 Å².